The summed E-state index contributed by atoms with van der Waals surface area (Å²) in [5, 5.41) is 0. The average Bonchev–Trinajstić information content (AvgIpc) is 2.98. The fourth-order valence-electron chi connectivity index (χ4n) is 3.10. The van der Waals surface area contributed by atoms with Gasteiger partial charge in [0.05, 0.1) is 12.5 Å². The number of esters is 1. The highest BCUT2D eigenvalue weighted by molar-refractivity contribution is 7.51. The molecule has 0 radical (unpaired) electrons. The molecule has 0 spiro atoms. The van der Waals surface area contributed by atoms with E-state index in [9.17, 15) is 9.36 Å². The summed E-state index contributed by atoms with van der Waals surface area (Å²) < 4.78 is 15.9. The standard InChI is InChI=1S/C14H23O5P/c15-14(13-10-11-5-6-12(13)9-11)19-7-3-1-2-4-8-20(16,17)18/h5-6,11-13H,1-4,7-10H2,(H2,16,17,18). The van der Waals surface area contributed by atoms with Crippen molar-refractivity contribution in [1.82, 2.24) is 0 Å². The second-order valence-corrected chi connectivity index (χ2v) is 7.63. The summed E-state index contributed by atoms with van der Waals surface area (Å²) in [6, 6.07) is 0. The number of hydrogen-bond acceptors (Lipinski definition) is 3. The lowest BCUT2D eigenvalue weighted by Crippen LogP contribution is -2.21. The number of allylic oxidation sites excluding steroid dienone is 2. The Morgan fingerprint density at radius 1 is 1.15 bits per heavy atom. The van der Waals surface area contributed by atoms with Crippen LogP contribution in [0.5, 0.6) is 0 Å². The SMILES string of the molecule is O=C(OCCCCCCP(=O)(O)O)C1CC2C=CC1C2. The van der Waals surface area contributed by atoms with Crippen LogP contribution in [0.3, 0.4) is 0 Å². The molecule has 3 atom stereocenters. The molecule has 0 aromatic carbocycles. The van der Waals surface area contributed by atoms with E-state index in [1.165, 1.54) is 0 Å². The van der Waals surface area contributed by atoms with E-state index in [1.54, 1.807) is 0 Å². The molecule has 114 valence electrons. The first-order chi connectivity index (χ1) is 9.46. The lowest BCUT2D eigenvalue weighted by Gasteiger charge is -2.16. The van der Waals surface area contributed by atoms with Crippen LogP contribution in [0, 0.1) is 17.8 Å². The van der Waals surface area contributed by atoms with Crippen molar-refractivity contribution in [1.29, 1.82) is 0 Å². The van der Waals surface area contributed by atoms with Gasteiger partial charge in [-0.3, -0.25) is 9.36 Å². The van der Waals surface area contributed by atoms with Crippen LogP contribution in [0.25, 0.3) is 0 Å². The molecule has 5 nitrogen and oxygen atoms in total. The molecule has 2 aliphatic rings. The third-order valence-corrected chi connectivity index (χ3v) is 5.07. The molecule has 0 amide bonds. The predicted molar refractivity (Wildman–Crippen MR) is 75.2 cm³/mol. The van der Waals surface area contributed by atoms with Crippen LogP contribution in [0.4, 0.5) is 0 Å². The zero-order chi connectivity index (χ0) is 14.6. The number of hydrogen-bond donors (Lipinski definition) is 2. The first kappa shape index (κ1) is 15.7. The molecule has 2 aliphatic carbocycles. The van der Waals surface area contributed by atoms with Crippen LogP contribution in [0.2, 0.25) is 0 Å². The molecule has 0 heterocycles. The molecule has 1 saturated carbocycles. The van der Waals surface area contributed by atoms with Gasteiger partial charge in [0.15, 0.2) is 0 Å². The van der Waals surface area contributed by atoms with E-state index in [0.29, 0.717) is 24.9 Å². The van der Waals surface area contributed by atoms with Gasteiger partial charge in [-0.05, 0) is 37.5 Å². The van der Waals surface area contributed by atoms with Crippen molar-refractivity contribution in [2.24, 2.45) is 17.8 Å². The molecule has 0 aliphatic heterocycles. The zero-order valence-corrected chi connectivity index (χ0v) is 12.5. The van der Waals surface area contributed by atoms with Crippen molar-refractivity contribution in [3.05, 3.63) is 12.2 Å². The topological polar surface area (TPSA) is 83.8 Å². The smallest absolute Gasteiger partial charge is 0.325 e. The van der Waals surface area contributed by atoms with Crippen LogP contribution in [0.1, 0.15) is 38.5 Å². The van der Waals surface area contributed by atoms with Crippen LogP contribution < -0.4 is 0 Å². The fourth-order valence-corrected chi connectivity index (χ4v) is 3.74. The number of rotatable bonds is 8. The normalized spacial score (nSPS) is 28.0. The van der Waals surface area contributed by atoms with E-state index in [0.717, 1.165) is 32.1 Å². The van der Waals surface area contributed by atoms with E-state index < -0.39 is 7.60 Å². The molecule has 0 aromatic heterocycles. The lowest BCUT2D eigenvalue weighted by atomic mass is 9.94. The Morgan fingerprint density at radius 2 is 1.90 bits per heavy atom. The van der Waals surface area contributed by atoms with E-state index >= 15 is 0 Å². The van der Waals surface area contributed by atoms with Gasteiger partial charge in [0.1, 0.15) is 0 Å². The Bertz CT molecular complexity index is 414. The number of ether oxygens (including phenoxy) is 1. The van der Waals surface area contributed by atoms with Gasteiger partial charge in [-0.1, -0.05) is 25.0 Å². The maximum Gasteiger partial charge on any atom is 0.325 e. The van der Waals surface area contributed by atoms with Gasteiger partial charge in [-0.2, -0.15) is 0 Å². The Morgan fingerprint density at radius 3 is 2.50 bits per heavy atom. The molecule has 2 rings (SSSR count). The molecular formula is C14H23O5P. The molecule has 0 aromatic rings. The number of fused-ring (bicyclic) bond motifs is 2. The van der Waals surface area contributed by atoms with E-state index in [4.69, 9.17) is 14.5 Å². The van der Waals surface area contributed by atoms with E-state index in [1.807, 2.05) is 0 Å². The molecule has 1 fully saturated rings. The average molecular weight is 302 g/mol. The van der Waals surface area contributed by atoms with Gasteiger partial charge >= 0.3 is 13.6 Å². The molecule has 6 heteroatoms. The highest BCUT2D eigenvalue weighted by Crippen LogP contribution is 2.43. The summed E-state index contributed by atoms with van der Waals surface area (Å²) in [7, 11) is -3.85. The van der Waals surface area contributed by atoms with Gasteiger partial charge in [0.2, 0.25) is 0 Å². The first-order valence-electron chi connectivity index (χ1n) is 7.35. The zero-order valence-electron chi connectivity index (χ0n) is 11.6. The third kappa shape index (κ3) is 4.72. The number of carbonyl (C=O) groups is 1. The predicted octanol–water partition coefficient (Wildman–Crippen LogP) is 2.48. The second-order valence-electron chi connectivity index (χ2n) is 5.86. The highest BCUT2D eigenvalue weighted by Gasteiger charge is 2.40. The Balaban J connectivity index is 1.50. The minimum Gasteiger partial charge on any atom is -0.465 e. The van der Waals surface area contributed by atoms with E-state index in [-0.39, 0.29) is 18.0 Å². The molecule has 2 bridgehead atoms. The van der Waals surface area contributed by atoms with Crippen molar-refractivity contribution in [3.8, 4) is 0 Å². The van der Waals surface area contributed by atoms with Crippen LogP contribution in [-0.4, -0.2) is 28.5 Å². The van der Waals surface area contributed by atoms with Crippen molar-refractivity contribution in [2.45, 2.75) is 38.5 Å². The maximum atomic E-state index is 11.9. The molecule has 3 unspecified atom stereocenters. The van der Waals surface area contributed by atoms with Crippen molar-refractivity contribution in [2.75, 3.05) is 12.8 Å². The molecule has 0 saturated heterocycles. The summed E-state index contributed by atoms with van der Waals surface area (Å²) in [5.41, 5.74) is 0. The second kappa shape index (κ2) is 6.88. The Labute approximate surface area is 119 Å². The summed E-state index contributed by atoms with van der Waals surface area (Å²) in [5.74, 6) is 0.942. The van der Waals surface area contributed by atoms with Gasteiger partial charge in [-0.15, -0.1) is 0 Å². The van der Waals surface area contributed by atoms with Gasteiger partial charge in [0, 0.05) is 6.16 Å². The molecule has 2 N–H and O–H groups in total. The number of carbonyl (C=O) groups excluding carboxylic acids is 1. The Kier molecular flexibility index (Phi) is 5.42. The summed E-state index contributed by atoms with van der Waals surface area (Å²) in [6.45, 7) is 0.423. The van der Waals surface area contributed by atoms with Crippen molar-refractivity contribution >= 4 is 13.6 Å². The van der Waals surface area contributed by atoms with Crippen LogP contribution >= 0.6 is 7.60 Å². The number of unbranched alkanes of at least 4 members (excludes halogenated alkanes) is 3. The summed E-state index contributed by atoms with van der Waals surface area (Å²) in [4.78, 5) is 29.3. The van der Waals surface area contributed by atoms with Crippen molar-refractivity contribution in [3.63, 3.8) is 0 Å². The van der Waals surface area contributed by atoms with Crippen molar-refractivity contribution < 1.29 is 23.9 Å². The maximum absolute atomic E-state index is 11.9. The molecule has 20 heavy (non-hydrogen) atoms. The lowest BCUT2D eigenvalue weighted by molar-refractivity contribution is -0.149. The van der Waals surface area contributed by atoms with Gasteiger partial charge in [-0.25, -0.2) is 0 Å². The third-order valence-electron chi connectivity index (χ3n) is 4.17. The summed E-state index contributed by atoms with van der Waals surface area (Å²) in [6.07, 6.45) is 9.22. The van der Waals surface area contributed by atoms with Crippen LogP contribution in [0.15, 0.2) is 12.2 Å². The molecular weight excluding hydrogens is 279 g/mol. The van der Waals surface area contributed by atoms with E-state index in [2.05, 4.69) is 12.2 Å². The fraction of sp³-hybridized carbons (Fsp3) is 0.786. The first-order valence-corrected chi connectivity index (χ1v) is 9.15. The monoisotopic (exact) mass is 302 g/mol. The summed E-state index contributed by atoms with van der Waals surface area (Å²) >= 11 is 0. The largest absolute Gasteiger partial charge is 0.465 e. The van der Waals surface area contributed by atoms with Crippen LogP contribution in [-0.2, 0) is 14.1 Å². The minimum atomic E-state index is -3.85. The Hall–Kier alpha value is -0.640. The minimum absolute atomic E-state index is 0.0513. The quantitative estimate of drug-likeness (QED) is 0.311. The highest BCUT2D eigenvalue weighted by atomic mass is 31.2. The van der Waals surface area contributed by atoms with Gasteiger partial charge < -0.3 is 14.5 Å². The van der Waals surface area contributed by atoms with Gasteiger partial charge in [0.25, 0.3) is 0 Å².